The Kier molecular flexibility index (Phi) is 3.82. The first kappa shape index (κ1) is 13.1. The van der Waals surface area contributed by atoms with Crippen molar-refractivity contribution in [2.24, 2.45) is 0 Å². The molecule has 0 bridgehead atoms. The van der Waals surface area contributed by atoms with Crippen LogP contribution in [0.4, 0.5) is 5.69 Å². The molecule has 0 unspecified atom stereocenters. The number of nitrogens with zero attached hydrogens (tertiary/aromatic N) is 1. The molecule has 0 aliphatic carbocycles. The Labute approximate surface area is 112 Å². The van der Waals surface area contributed by atoms with Gasteiger partial charge in [0.2, 0.25) is 0 Å². The van der Waals surface area contributed by atoms with Crippen molar-refractivity contribution in [3.05, 3.63) is 58.0 Å². The average Bonchev–Trinajstić information content (AvgIpc) is 2.85. The third kappa shape index (κ3) is 3.11. The van der Waals surface area contributed by atoms with Crippen LogP contribution in [-0.4, -0.2) is 10.2 Å². The predicted molar refractivity (Wildman–Crippen MR) is 66.3 cm³/mol. The highest BCUT2D eigenvalue weighted by Crippen LogP contribution is 2.26. The number of halogens is 1. The van der Waals surface area contributed by atoms with E-state index in [9.17, 15) is 14.9 Å². The van der Waals surface area contributed by atoms with Gasteiger partial charge in [0.25, 0.3) is 5.24 Å². The van der Waals surface area contributed by atoms with Crippen molar-refractivity contribution in [1.29, 1.82) is 0 Å². The van der Waals surface area contributed by atoms with Crippen LogP contribution < -0.4 is 4.74 Å². The van der Waals surface area contributed by atoms with Crippen molar-refractivity contribution in [1.82, 2.24) is 0 Å². The van der Waals surface area contributed by atoms with E-state index in [2.05, 4.69) is 0 Å². The number of nitro benzene ring substituents is 1. The molecule has 0 radical (unpaired) electrons. The van der Waals surface area contributed by atoms with E-state index in [1.54, 1.807) is 12.1 Å². The second-order valence-electron chi connectivity index (χ2n) is 3.55. The quantitative estimate of drug-likeness (QED) is 0.477. The second-order valence-corrected chi connectivity index (χ2v) is 3.90. The van der Waals surface area contributed by atoms with Crippen molar-refractivity contribution in [2.75, 3.05) is 0 Å². The van der Waals surface area contributed by atoms with Gasteiger partial charge in [0, 0.05) is 6.07 Å². The van der Waals surface area contributed by atoms with Crippen LogP contribution in [-0.2, 0) is 6.61 Å². The molecule has 1 heterocycles. The molecule has 6 nitrogen and oxygen atoms in total. The smallest absolute Gasteiger partial charge is 0.310 e. The Balaban J connectivity index is 2.10. The molecule has 0 aliphatic heterocycles. The van der Waals surface area contributed by atoms with E-state index in [4.69, 9.17) is 20.8 Å². The van der Waals surface area contributed by atoms with E-state index in [-0.39, 0.29) is 23.8 Å². The highest BCUT2D eigenvalue weighted by molar-refractivity contribution is 6.67. The van der Waals surface area contributed by atoms with Crippen LogP contribution in [0.1, 0.15) is 16.3 Å². The fourth-order valence-corrected chi connectivity index (χ4v) is 1.54. The lowest BCUT2D eigenvalue weighted by Crippen LogP contribution is -1.98. The summed E-state index contributed by atoms with van der Waals surface area (Å²) in [4.78, 5) is 21.0. The van der Waals surface area contributed by atoms with Crippen molar-refractivity contribution in [2.45, 2.75) is 6.61 Å². The van der Waals surface area contributed by atoms with Gasteiger partial charge >= 0.3 is 5.69 Å². The van der Waals surface area contributed by atoms with Crippen molar-refractivity contribution < 1.29 is 18.9 Å². The zero-order valence-electron chi connectivity index (χ0n) is 9.54. The van der Waals surface area contributed by atoms with E-state index in [1.807, 2.05) is 0 Å². The number of hydrogen-bond acceptors (Lipinski definition) is 5. The topological polar surface area (TPSA) is 82.6 Å². The highest BCUT2D eigenvalue weighted by Gasteiger charge is 2.15. The summed E-state index contributed by atoms with van der Waals surface area (Å²) >= 11 is 5.24. The standard InChI is InChI=1S/C12H8ClNO5/c13-12(15)11-6-5-8(19-11)7-18-10-4-2-1-3-9(10)14(16)17/h1-6H,7H2. The molecule has 0 fully saturated rings. The molecule has 0 atom stereocenters. The van der Waals surface area contributed by atoms with Crippen LogP contribution >= 0.6 is 11.6 Å². The van der Waals surface area contributed by atoms with Crippen molar-refractivity contribution in [3.63, 3.8) is 0 Å². The maximum Gasteiger partial charge on any atom is 0.310 e. The number of hydrogen-bond donors (Lipinski definition) is 0. The summed E-state index contributed by atoms with van der Waals surface area (Å²) in [7, 11) is 0. The van der Waals surface area contributed by atoms with E-state index >= 15 is 0 Å². The number of ether oxygens (including phenoxy) is 1. The van der Waals surface area contributed by atoms with E-state index < -0.39 is 10.2 Å². The van der Waals surface area contributed by atoms with Gasteiger partial charge in [0.15, 0.2) is 11.5 Å². The van der Waals surface area contributed by atoms with Gasteiger partial charge in [0.05, 0.1) is 4.92 Å². The minimum absolute atomic E-state index is 0.00262. The van der Waals surface area contributed by atoms with Gasteiger partial charge in [-0.25, -0.2) is 0 Å². The predicted octanol–water partition coefficient (Wildman–Crippen LogP) is 3.15. The lowest BCUT2D eigenvalue weighted by atomic mass is 10.3. The number of carbonyl (C=O) groups excluding carboxylic acids is 1. The second kappa shape index (κ2) is 5.53. The highest BCUT2D eigenvalue weighted by atomic mass is 35.5. The van der Waals surface area contributed by atoms with Crippen molar-refractivity contribution >= 4 is 22.5 Å². The molecule has 19 heavy (non-hydrogen) atoms. The summed E-state index contributed by atoms with van der Waals surface area (Å²) in [5.74, 6) is 0.479. The third-order valence-electron chi connectivity index (χ3n) is 2.29. The van der Waals surface area contributed by atoms with Gasteiger partial charge in [-0.15, -0.1) is 0 Å². The zero-order valence-corrected chi connectivity index (χ0v) is 10.3. The number of nitro groups is 1. The van der Waals surface area contributed by atoms with Gasteiger partial charge in [0.1, 0.15) is 12.4 Å². The normalized spacial score (nSPS) is 10.2. The minimum atomic E-state index is -0.711. The number of carbonyl (C=O) groups is 1. The summed E-state index contributed by atoms with van der Waals surface area (Å²) in [6, 6.07) is 8.91. The first-order chi connectivity index (χ1) is 9.08. The Morgan fingerprint density at radius 3 is 2.68 bits per heavy atom. The van der Waals surface area contributed by atoms with E-state index in [0.717, 1.165) is 0 Å². The molecular formula is C12H8ClNO5. The van der Waals surface area contributed by atoms with E-state index in [0.29, 0.717) is 5.76 Å². The van der Waals surface area contributed by atoms with Gasteiger partial charge in [-0.05, 0) is 29.8 Å². The first-order valence-electron chi connectivity index (χ1n) is 5.22. The molecule has 1 aromatic carbocycles. The lowest BCUT2D eigenvalue weighted by Gasteiger charge is -2.04. The van der Waals surface area contributed by atoms with Crippen LogP contribution in [0.2, 0.25) is 0 Å². The Bertz CT molecular complexity index is 622. The Morgan fingerprint density at radius 2 is 2.05 bits per heavy atom. The van der Waals surface area contributed by atoms with Gasteiger partial charge in [-0.2, -0.15) is 0 Å². The zero-order chi connectivity index (χ0) is 13.8. The molecule has 0 saturated carbocycles. The molecule has 2 aromatic rings. The molecule has 0 N–H and O–H groups in total. The van der Waals surface area contributed by atoms with Gasteiger partial charge in [-0.3, -0.25) is 14.9 Å². The Morgan fingerprint density at radius 1 is 1.32 bits per heavy atom. The average molecular weight is 282 g/mol. The fraction of sp³-hybridized carbons (Fsp3) is 0.0833. The number of benzene rings is 1. The fourth-order valence-electron chi connectivity index (χ4n) is 1.44. The van der Waals surface area contributed by atoms with Gasteiger partial charge < -0.3 is 9.15 Å². The van der Waals surface area contributed by atoms with Crippen LogP contribution in [0, 0.1) is 10.1 Å². The van der Waals surface area contributed by atoms with Gasteiger partial charge in [-0.1, -0.05) is 12.1 Å². The molecule has 1 aromatic heterocycles. The summed E-state index contributed by atoms with van der Waals surface area (Å²) in [6.45, 7) is -0.0327. The third-order valence-corrected chi connectivity index (χ3v) is 2.47. The summed E-state index contributed by atoms with van der Waals surface area (Å²) in [5, 5.41) is 10.1. The minimum Gasteiger partial charge on any atom is -0.479 e. The van der Waals surface area contributed by atoms with Crippen LogP contribution in [0.5, 0.6) is 5.75 Å². The monoisotopic (exact) mass is 281 g/mol. The Hall–Kier alpha value is -2.34. The molecule has 2 rings (SSSR count). The van der Waals surface area contributed by atoms with E-state index in [1.165, 1.54) is 24.3 Å². The number of furan rings is 1. The first-order valence-corrected chi connectivity index (χ1v) is 5.60. The molecule has 0 amide bonds. The van der Waals surface area contributed by atoms with Crippen LogP contribution in [0.3, 0.4) is 0 Å². The summed E-state index contributed by atoms with van der Waals surface area (Å²) in [6.07, 6.45) is 0. The molecule has 0 aliphatic rings. The lowest BCUT2D eigenvalue weighted by molar-refractivity contribution is -0.386. The maximum absolute atomic E-state index is 10.8. The van der Waals surface area contributed by atoms with Crippen LogP contribution in [0.15, 0.2) is 40.8 Å². The van der Waals surface area contributed by atoms with Crippen molar-refractivity contribution in [3.8, 4) is 5.75 Å². The molecular weight excluding hydrogens is 274 g/mol. The molecule has 7 heteroatoms. The van der Waals surface area contributed by atoms with Crippen LogP contribution in [0.25, 0.3) is 0 Å². The number of para-hydroxylation sites is 2. The molecule has 0 spiro atoms. The molecule has 0 saturated heterocycles. The largest absolute Gasteiger partial charge is 0.479 e. The molecule has 98 valence electrons. The SMILES string of the molecule is O=C(Cl)c1ccc(COc2ccccc2[N+](=O)[O-])o1. The number of rotatable bonds is 5. The maximum atomic E-state index is 10.8. The summed E-state index contributed by atoms with van der Waals surface area (Å²) in [5.41, 5.74) is -0.136. The summed E-state index contributed by atoms with van der Waals surface area (Å²) < 4.78 is 10.4.